The Kier molecular flexibility index (Phi) is 6.42. The highest BCUT2D eigenvalue weighted by Crippen LogP contribution is 2.53. The first-order valence-corrected chi connectivity index (χ1v) is 12.1. The molecule has 0 radical (unpaired) electrons. The van der Waals surface area contributed by atoms with Crippen LogP contribution in [0.15, 0.2) is 42.5 Å². The standard InChI is InChI=1S/C28H36N2O3/c1-6-8-9-16-33-24-13-11-21(18-25(24)32-7-2)14-15-28-27(4,5)22-17-20(3)10-12-23(22)30(28)19-26(31)29-28/h10-15,17-18H,6-9,16,19H2,1-5H3,(H,29,31). The topological polar surface area (TPSA) is 50.8 Å². The van der Waals surface area contributed by atoms with Gasteiger partial charge in [0.15, 0.2) is 11.5 Å². The van der Waals surface area contributed by atoms with Gasteiger partial charge in [0, 0.05) is 11.1 Å². The summed E-state index contributed by atoms with van der Waals surface area (Å²) in [5.74, 6) is 1.58. The number of amides is 1. The van der Waals surface area contributed by atoms with Crippen molar-refractivity contribution in [2.75, 3.05) is 24.7 Å². The van der Waals surface area contributed by atoms with Crippen LogP contribution in [0, 0.1) is 6.92 Å². The Morgan fingerprint density at radius 3 is 2.64 bits per heavy atom. The van der Waals surface area contributed by atoms with Crippen molar-refractivity contribution in [3.63, 3.8) is 0 Å². The number of anilines is 1. The Balaban J connectivity index is 1.65. The van der Waals surface area contributed by atoms with Gasteiger partial charge in [0.2, 0.25) is 5.91 Å². The number of hydrogen-bond acceptors (Lipinski definition) is 4. The number of carbonyl (C=O) groups excluding carboxylic acids is 1. The zero-order chi connectivity index (χ0) is 23.6. The van der Waals surface area contributed by atoms with E-state index in [-0.39, 0.29) is 11.3 Å². The molecule has 1 atom stereocenters. The van der Waals surface area contributed by atoms with Crippen molar-refractivity contribution in [3.8, 4) is 11.5 Å². The molecule has 5 heteroatoms. The van der Waals surface area contributed by atoms with Gasteiger partial charge in [0.1, 0.15) is 5.66 Å². The molecule has 0 aromatic heterocycles. The molecule has 1 amide bonds. The molecule has 2 aromatic rings. The smallest absolute Gasteiger partial charge is 0.241 e. The number of nitrogens with one attached hydrogen (secondary N) is 1. The highest BCUT2D eigenvalue weighted by Gasteiger charge is 2.59. The minimum Gasteiger partial charge on any atom is -0.490 e. The Bertz CT molecular complexity index is 1060. The van der Waals surface area contributed by atoms with Crippen molar-refractivity contribution in [2.45, 2.75) is 65.0 Å². The third-order valence-electron chi connectivity index (χ3n) is 6.92. The molecule has 0 saturated carbocycles. The number of carbonyl (C=O) groups is 1. The molecule has 2 aliphatic heterocycles. The molecular weight excluding hydrogens is 412 g/mol. The number of fused-ring (bicyclic) bond motifs is 3. The number of ether oxygens (including phenoxy) is 2. The summed E-state index contributed by atoms with van der Waals surface area (Å²) in [4.78, 5) is 14.7. The van der Waals surface area contributed by atoms with Crippen LogP contribution in [0.3, 0.4) is 0 Å². The molecule has 1 N–H and O–H groups in total. The highest BCUT2D eigenvalue weighted by atomic mass is 16.5. The third kappa shape index (κ3) is 4.09. The van der Waals surface area contributed by atoms with Gasteiger partial charge in [0.25, 0.3) is 0 Å². The Morgan fingerprint density at radius 1 is 1.06 bits per heavy atom. The van der Waals surface area contributed by atoms with Gasteiger partial charge in [-0.2, -0.15) is 0 Å². The van der Waals surface area contributed by atoms with E-state index in [1.165, 1.54) is 17.5 Å². The third-order valence-corrected chi connectivity index (χ3v) is 6.92. The maximum Gasteiger partial charge on any atom is 0.241 e. The molecule has 33 heavy (non-hydrogen) atoms. The largest absolute Gasteiger partial charge is 0.490 e. The Morgan fingerprint density at radius 2 is 1.88 bits per heavy atom. The van der Waals surface area contributed by atoms with Gasteiger partial charge in [-0.3, -0.25) is 4.79 Å². The molecule has 2 heterocycles. The minimum atomic E-state index is -0.610. The average Bonchev–Trinajstić information content (AvgIpc) is 3.21. The zero-order valence-electron chi connectivity index (χ0n) is 20.5. The first-order valence-electron chi connectivity index (χ1n) is 12.1. The van der Waals surface area contributed by atoms with E-state index in [1.807, 2.05) is 25.1 Å². The summed E-state index contributed by atoms with van der Waals surface area (Å²) in [6.45, 7) is 12.3. The van der Waals surface area contributed by atoms with Crippen LogP contribution in [-0.4, -0.2) is 31.3 Å². The van der Waals surface area contributed by atoms with Gasteiger partial charge in [-0.25, -0.2) is 0 Å². The lowest BCUT2D eigenvalue weighted by atomic mass is 9.75. The lowest BCUT2D eigenvalue weighted by molar-refractivity contribution is -0.118. The van der Waals surface area contributed by atoms with Gasteiger partial charge in [-0.05, 0) is 55.7 Å². The van der Waals surface area contributed by atoms with E-state index >= 15 is 0 Å². The molecular formula is C28H36N2O3. The molecule has 1 fully saturated rings. The quantitative estimate of drug-likeness (QED) is 0.507. The normalized spacial score (nSPS) is 20.6. The number of hydrogen-bond donors (Lipinski definition) is 1. The second kappa shape index (κ2) is 9.12. The van der Waals surface area contributed by atoms with Crippen LogP contribution in [0.25, 0.3) is 6.08 Å². The van der Waals surface area contributed by atoms with Crippen LogP contribution in [0.2, 0.25) is 0 Å². The molecule has 176 valence electrons. The molecule has 1 saturated heterocycles. The van der Waals surface area contributed by atoms with Crippen LogP contribution in [0.4, 0.5) is 5.69 Å². The lowest BCUT2D eigenvalue weighted by Crippen LogP contribution is -2.58. The van der Waals surface area contributed by atoms with Crippen molar-refractivity contribution in [1.82, 2.24) is 5.32 Å². The summed E-state index contributed by atoms with van der Waals surface area (Å²) in [6.07, 6.45) is 7.59. The monoisotopic (exact) mass is 448 g/mol. The van der Waals surface area contributed by atoms with E-state index < -0.39 is 5.66 Å². The molecule has 0 spiro atoms. The maximum absolute atomic E-state index is 12.5. The second-order valence-corrected chi connectivity index (χ2v) is 9.57. The predicted octanol–water partition coefficient (Wildman–Crippen LogP) is 5.60. The Labute approximate surface area is 197 Å². The molecule has 4 rings (SSSR count). The fraction of sp³-hybridized carbons (Fsp3) is 0.464. The van der Waals surface area contributed by atoms with Gasteiger partial charge < -0.3 is 19.7 Å². The number of rotatable bonds is 9. The van der Waals surface area contributed by atoms with E-state index in [0.29, 0.717) is 19.8 Å². The van der Waals surface area contributed by atoms with Crippen molar-refractivity contribution >= 4 is 17.7 Å². The fourth-order valence-electron chi connectivity index (χ4n) is 5.05. The molecule has 1 unspecified atom stereocenters. The van der Waals surface area contributed by atoms with Gasteiger partial charge in [-0.15, -0.1) is 0 Å². The van der Waals surface area contributed by atoms with E-state index in [0.717, 1.165) is 35.6 Å². The van der Waals surface area contributed by atoms with E-state index in [2.05, 4.69) is 68.3 Å². The predicted molar refractivity (Wildman–Crippen MR) is 134 cm³/mol. The number of benzene rings is 2. The molecule has 2 aromatic carbocycles. The summed E-state index contributed by atoms with van der Waals surface area (Å²) < 4.78 is 11.9. The van der Waals surface area contributed by atoms with Crippen molar-refractivity contribution < 1.29 is 14.3 Å². The summed E-state index contributed by atoms with van der Waals surface area (Å²) >= 11 is 0. The van der Waals surface area contributed by atoms with E-state index in [4.69, 9.17) is 9.47 Å². The molecule has 5 nitrogen and oxygen atoms in total. The van der Waals surface area contributed by atoms with Gasteiger partial charge >= 0.3 is 0 Å². The summed E-state index contributed by atoms with van der Waals surface area (Å²) in [7, 11) is 0. The molecule has 0 bridgehead atoms. The summed E-state index contributed by atoms with van der Waals surface area (Å²) in [5.41, 5.74) is 3.73. The van der Waals surface area contributed by atoms with Crippen molar-refractivity contribution in [2.24, 2.45) is 0 Å². The van der Waals surface area contributed by atoms with Crippen LogP contribution < -0.4 is 19.7 Å². The van der Waals surface area contributed by atoms with E-state index in [1.54, 1.807) is 0 Å². The first kappa shape index (κ1) is 23.2. The van der Waals surface area contributed by atoms with Gasteiger partial charge in [-0.1, -0.05) is 63.5 Å². The van der Waals surface area contributed by atoms with Crippen LogP contribution in [0.1, 0.15) is 63.6 Å². The van der Waals surface area contributed by atoms with Crippen LogP contribution in [0.5, 0.6) is 11.5 Å². The highest BCUT2D eigenvalue weighted by molar-refractivity contribution is 5.91. The van der Waals surface area contributed by atoms with Crippen LogP contribution in [-0.2, 0) is 10.2 Å². The van der Waals surface area contributed by atoms with Crippen LogP contribution >= 0.6 is 0 Å². The minimum absolute atomic E-state index is 0.0461. The summed E-state index contributed by atoms with van der Waals surface area (Å²) in [5, 5.41) is 3.29. The molecule has 0 aliphatic carbocycles. The number of nitrogens with zero attached hydrogens (tertiary/aromatic N) is 1. The lowest BCUT2D eigenvalue weighted by Gasteiger charge is -2.40. The zero-order valence-corrected chi connectivity index (χ0v) is 20.5. The first-order chi connectivity index (χ1) is 15.8. The van der Waals surface area contributed by atoms with E-state index in [9.17, 15) is 4.79 Å². The Hall–Kier alpha value is -2.95. The average molecular weight is 449 g/mol. The SMILES string of the molecule is CCCCCOc1ccc(C=CC23NC(=O)CN2c2ccc(C)cc2C3(C)C)cc1OCC. The summed E-state index contributed by atoms with van der Waals surface area (Å²) in [6, 6.07) is 12.5. The van der Waals surface area contributed by atoms with Crippen molar-refractivity contribution in [1.29, 1.82) is 0 Å². The van der Waals surface area contributed by atoms with Gasteiger partial charge in [0.05, 0.1) is 19.8 Å². The maximum atomic E-state index is 12.5. The number of unbranched alkanes of at least 4 members (excludes halogenated alkanes) is 2. The number of aryl methyl sites for hydroxylation is 1. The molecule has 2 aliphatic rings. The second-order valence-electron chi connectivity index (χ2n) is 9.57. The fourth-order valence-corrected chi connectivity index (χ4v) is 5.05. The van der Waals surface area contributed by atoms with Crippen molar-refractivity contribution in [3.05, 3.63) is 59.2 Å².